The predicted molar refractivity (Wildman–Crippen MR) is 58.0 cm³/mol. The number of rotatable bonds is 3. The van der Waals surface area contributed by atoms with Crippen LogP contribution >= 0.6 is 11.8 Å². The third-order valence-corrected chi connectivity index (χ3v) is 5.06. The topological polar surface area (TPSA) is 20.2 Å². The van der Waals surface area contributed by atoms with Crippen LogP contribution in [0.1, 0.15) is 32.1 Å². The minimum absolute atomic E-state index is 0.440. The molecule has 2 heteroatoms. The largest absolute Gasteiger partial charge is 0.396 e. The molecule has 0 aromatic heterocycles. The van der Waals surface area contributed by atoms with E-state index >= 15 is 0 Å². The Hall–Kier alpha value is 0.310. The summed E-state index contributed by atoms with van der Waals surface area (Å²) in [4.78, 5) is 0. The molecule has 0 radical (unpaired) electrons. The van der Waals surface area contributed by atoms with Crippen molar-refractivity contribution >= 4 is 11.8 Å². The summed E-state index contributed by atoms with van der Waals surface area (Å²) in [7, 11) is 0. The van der Waals surface area contributed by atoms with Crippen molar-refractivity contribution in [3.8, 4) is 0 Å². The minimum Gasteiger partial charge on any atom is -0.396 e. The smallest absolute Gasteiger partial charge is 0.0465 e. The average Bonchev–Trinajstić information content (AvgIpc) is 2.12. The first kappa shape index (κ1) is 9.85. The van der Waals surface area contributed by atoms with Crippen molar-refractivity contribution in [3.05, 3.63) is 0 Å². The zero-order chi connectivity index (χ0) is 9.10. The molecule has 76 valence electrons. The van der Waals surface area contributed by atoms with Crippen molar-refractivity contribution in [2.24, 2.45) is 17.8 Å². The van der Waals surface area contributed by atoms with E-state index in [4.69, 9.17) is 0 Å². The van der Waals surface area contributed by atoms with E-state index in [0.29, 0.717) is 12.5 Å². The lowest BCUT2D eigenvalue weighted by atomic mass is 9.75. The molecule has 1 saturated heterocycles. The van der Waals surface area contributed by atoms with Crippen LogP contribution in [-0.4, -0.2) is 23.2 Å². The van der Waals surface area contributed by atoms with Gasteiger partial charge in [0.25, 0.3) is 0 Å². The molecule has 1 aliphatic heterocycles. The molecular formula is C11H20OS. The molecule has 1 atom stereocenters. The van der Waals surface area contributed by atoms with Gasteiger partial charge in [-0.2, -0.15) is 11.8 Å². The van der Waals surface area contributed by atoms with Gasteiger partial charge >= 0.3 is 0 Å². The summed E-state index contributed by atoms with van der Waals surface area (Å²) < 4.78 is 0. The molecule has 0 aromatic rings. The van der Waals surface area contributed by atoms with E-state index in [1.165, 1.54) is 43.6 Å². The Kier molecular flexibility index (Phi) is 3.56. The molecule has 0 spiro atoms. The van der Waals surface area contributed by atoms with E-state index in [-0.39, 0.29) is 0 Å². The van der Waals surface area contributed by atoms with E-state index < -0.39 is 0 Å². The fourth-order valence-electron chi connectivity index (χ4n) is 2.75. The lowest BCUT2D eigenvalue weighted by molar-refractivity contribution is 0.110. The van der Waals surface area contributed by atoms with Crippen molar-refractivity contribution in [3.63, 3.8) is 0 Å². The molecule has 1 nitrogen and oxygen atoms in total. The summed E-state index contributed by atoms with van der Waals surface area (Å²) in [6.07, 6.45) is 6.99. The van der Waals surface area contributed by atoms with Gasteiger partial charge in [-0.05, 0) is 29.3 Å². The van der Waals surface area contributed by atoms with Gasteiger partial charge in [-0.25, -0.2) is 0 Å². The second kappa shape index (κ2) is 4.70. The van der Waals surface area contributed by atoms with Crippen LogP contribution in [0.25, 0.3) is 0 Å². The van der Waals surface area contributed by atoms with E-state index in [2.05, 4.69) is 0 Å². The number of thioether (sulfide) groups is 1. The van der Waals surface area contributed by atoms with Gasteiger partial charge in [-0.15, -0.1) is 0 Å². The van der Waals surface area contributed by atoms with Gasteiger partial charge in [0.1, 0.15) is 0 Å². The SMILES string of the molecule is OCC(C1CCCCC1)C1CSC1. The van der Waals surface area contributed by atoms with Gasteiger partial charge < -0.3 is 5.11 Å². The van der Waals surface area contributed by atoms with Gasteiger partial charge in [-0.1, -0.05) is 32.1 Å². The first-order valence-corrected chi connectivity index (χ1v) is 6.76. The predicted octanol–water partition coefficient (Wildman–Crippen LogP) is 2.54. The Morgan fingerprint density at radius 2 is 1.77 bits per heavy atom. The van der Waals surface area contributed by atoms with Crippen molar-refractivity contribution in [1.82, 2.24) is 0 Å². The van der Waals surface area contributed by atoms with Crippen molar-refractivity contribution in [2.45, 2.75) is 32.1 Å². The second-order valence-corrected chi connectivity index (χ2v) is 5.62. The van der Waals surface area contributed by atoms with Crippen LogP contribution in [0.5, 0.6) is 0 Å². The zero-order valence-corrected chi connectivity index (χ0v) is 9.06. The molecule has 1 saturated carbocycles. The first-order valence-electron chi connectivity index (χ1n) is 5.60. The zero-order valence-electron chi connectivity index (χ0n) is 8.24. The van der Waals surface area contributed by atoms with Crippen molar-refractivity contribution < 1.29 is 5.11 Å². The third kappa shape index (κ3) is 2.21. The molecule has 2 rings (SSSR count). The highest BCUT2D eigenvalue weighted by atomic mass is 32.2. The van der Waals surface area contributed by atoms with E-state index in [9.17, 15) is 5.11 Å². The second-order valence-electron chi connectivity index (χ2n) is 4.54. The van der Waals surface area contributed by atoms with Crippen LogP contribution in [-0.2, 0) is 0 Å². The van der Waals surface area contributed by atoms with Gasteiger partial charge in [0.05, 0.1) is 0 Å². The van der Waals surface area contributed by atoms with Crippen LogP contribution in [0, 0.1) is 17.8 Å². The summed E-state index contributed by atoms with van der Waals surface area (Å²) in [6.45, 7) is 0.440. The molecule has 1 heterocycles. The van der Waals surface area contributed by atoms with Crippen LogP contribution in [0.15, 0.2) is 0 Å². The maximum absolute atomic E-state index is 9.40. The molecule has 0 amide bonds. The standard InChI is InChI=1S/C11H20OS/c12-6-11(10-7-13-8-10)9-4-2-1-3-5-9/h9-12H,1-8H2. The Balaban J connectivity index is 1.86. The number of hydrogen-bond acceptors (Lipinski definition) is 2. The Morgan fingerprint density at radius 1 is 1.08 bits per heavy atom. The molecule has 0 aromatic carbocycles. The van der Waals surface area contributed by atoms with Gasteiger partial charge in [-0.3, -0.25) is 0 Å². The first-order chi connectivity index (χ1) is 6.42. The highest BCUT2D eigenvalue weighted by Gasteiger charge is 2.33. The third-order valence-electron chi connectivity index (χ3n) is 3.74. The van der Waals surface area contributed by atoms with Crippen LogP contribution < -0.4 is 0 Å². The Morgan fingerprint density at radius 3 is 2.23 bits per heavy atom. The molecule has 1 aliphatic carbocycles. The Bertz CT molecular complexity index is 150. The number of aliphatic hydroxyl groups excluding tert-OH is 1. The van der Waals surface area contributed by atoms with Gasteiger partial charge in [0, 0.05) is 6.61 Å². The summed E-state index contributed by atoms with van der Waals surface area (Å²) in [5, 5.41) is 9.40. The van der Waals surface area contributed by atoms with E-state index in [0.717, 1.165) is 11.8 Å². The fraction of sp³-hybridized carbons (Fsp3) is 1.00. The van der Waals surface area contributed by atoms with Crippen LogP contribution in [0.4, 0.5) is 0 Å². The highest BCUT2D eigenvalue weighted by molar-refractivity contribution is 8.00. The fourth-order valence-corrected chi connectivity index (χ4v) is 3.75. The molecule has 1 N–H and O–H groups in total. The molecular weight excluding hydrogens is 180 g/mol. The quantitative estimate of drug-likeness (QED) is 0.755. The van der Waals surface area contributed by atoms with Gasteiger partial charge in [0.15, 0.2) is 0 Å². The maximum Gasteiger partial charge on any atom is 0.0465 e. The molecule has 1 unspecified atom stereocenters. The van der Waals surface area contributed by atoms with E-state index in [1.54, 1.807) is 0 Å². The molecule has 2 fully saturated rings. The summed E-state index contributed by atoms with van der Waals surface area (Å²) >= 11 is 2.04. The molecule has 0 bridgehead atoms. The molecule has 2 aliphatic rings. The Labute approximate surface area is 85.3 Å². The summed E-state index contributed by atoms with van der Waals surface area (Å²) in [6, 6.07) is 0. The normalized spacial score (nSPS) is 28.4. The number of hydrogen-bond donors (Lipinski definition) is 1. The number of aliphatic hydroxyl groups is 1. The van der Waals surface area contributed by atoms with Gasteiger partial charge in [0.2, 0.25) is 0 Å². The average molecular weight is 200 g/mol. The lowest BCUT2D eigenvalue weighted by Gasteiger charge is -2.38. The van der Waals surface area contributed by atoms with Crippen LogP contribution in [0.2, 0.25) is 0 Å². The van der Waals surface area contributed by atoms with Crippen molar-refractivity contribution in [1.29, 1.82) is 0 Å². The lowest BCUT2D eigenvalue weighted by Crippen LogP contribution is -2.35. The summed E-state index contributed by atoms with van der Waals surface area (Å²) in [5.41, 5.74) is 0. The van der Waals surface area contributed by atoms with Crippen molar-refractivity contribution in [2.75, 3.05) is 18.1 Å². The molecule has 13 heavy (non-hydrogen) atoms. The van der Waals surface area contributed by atoms with Crippen LogP contribution in [0.3, 0.4) is 0 Å². The van der Waals surface area contributed by atoms with E-state index in [1.807, 2.05) is 11.8 Å². The monoisotopic (exact) mass is 200 g/mol. The minimum atomic E-state index is 0.440. The highest BCUT2D eigenvalue weighted by Crippen LogP contribution is 2.40. The maximum atomic E-state index is 9.40. The summed E-state index contributed by atoms with van der Waals surface area (Å²) in [5.74, 6) is 4.95.